The second kappa shape index (κ2) is 5.54. The summed E-state index contributed by atoms with van der Waals surface area (Å²) in [6, 6.07) is 4.27. The van der Waals surface area contributed by atoms with Gasteiger partial charge >= 0.3 is 0 Å². The van der Waals surface area contributed by atoms with Gasteiger partial charge in [0.05, 0.1) is 17.9 Å². The first-order valence-corrected chi connectivity index (χ1v) is 5.78. The number of hydrogen-bond acceptors (Lipinski definition) is 4. The summed E-state index contributed by atoms with van der Waals surface area (Å²) in [6.45, 7) is 3.01. The average molecular weight is 231 g/mol. The highest BCUT2D eigenvalue weighted by Gasteiger charge is 2.15. The van der Waals surface area contributed by atoms with Crippen LogP contribution >= 0.6 is 0 Å². The summed E-state index contributed by atoms with van der Waals surface area (Å²) < 4.78 is 1.81. The van der Waals surface area contributed by atoms with E-state index in [-0.39, 0.29) is 6.04 Å². The van der Waals surface area contributed by atoms with E-state index in [9.17, 15) is 0 Å². The van der Waals surface area contributed by atoms with E-state index in [2.05, 4.69) is 33.6 Å². The predicted octanol–water partition coefficient (Wildman–Crippen LogP) is 1.10. The molecule has 1 N–H and O–H groups in total. The highest BCUT2D eigenvalue weighted by Crippen LogP contribution is 2.16. The summed E-state index contributed by atoms with van der Waals surface area (Å²) in [5, 5.41) is 11.3. The lowest BCUT2D eigenvalue weighted by atomic mass is 10.1. The molecule has 90 valence electrons. The summed E-state index contributed by atoms with van der Waals surface area (Å²) in [7, 11) is 1.91. The Morgan fingerprint density at radius 3 is 2.88 bits per heavy atom. The first kappa shape index (κ1) is 11.7. The zero-order chi connectivity index (χ0) is 12.1. The SMILES string of the molecule is CCNC(Cc1cccnc1)c1cnnn1C. The fourth-order valence-electron chi connectivity index (χ4n) is 1.90. The Morgan fingerprint density at radius 2 is 2.29 bits per heavy atom. The minimum Gasteiger partial charge on any atom is -0.309 e. The van der Waals surface area contributed by atoms with Crippen molar-refractivity contribution < 1.29 is 0 Å². The molecule has 1 atom stereocenters. The molecule has 0 fully saturated rings. The lowest BCUT2D eigenvalue weighted by Gasteiger charge is -2.17. The van der Waals surface area contributed by atoms with Crippen LogP contribution in [0.1, 0.15) is 24.2 Å². The van der Waals surface area contributed by atoms with Gasteiger partial charge in [-0.3, -0.25) is 9.67 Å². The van der Waals surface area contributed by atoms with Gasteiger partial charge in [0, 0.05) is 19.4 Å². The van der Waals surface area contributed by atoms with Crippen LogP contribution in [0, 0.1) is 0 Å². The van der Waals surface area contributed by atoms with Crippen LogP contribution in [0.2, 0.25) is 0 Å². The third-order valence-corrected chi connectivity index (χ3v) is 2.72. The van der Waals surface area contributed by atoms with Crippen LogP contribution in [0.15, 0.2) is 30.7 Å². The Morgan fingerprint density at radius 1 is 1.41 bits per heavy atom. The zero-order valence-electron chi connectivity index (χ0n) is 10.2. The highest BCUT2D eigenvalue weighted by atomic mass is 15.4. The number of aryl methyl sites for hydroxylation is 1. The maximum Gasteiger partial charge on any atom is 0.0756 e. The molecule has 5 nitrogen and oxygen atoms in total. The third-order valence-electron chi connectivity index (χ3n) is 2.72. The van der Waals surface area contributed by atoms with Gasteiger partial charge in [0.15, 0.2) is 0 Å². The van der Waals surface area contributed by atoms with Crippen LogP contribution < -0.4 is 5.32 Å². The molecule has 0 bridgehead atoms. The number of likely N-dealkylation sites (N-methyl/N-ethyl adjacent to an activating group) is 1. The fourth-order valence-corrected chi connectivity index (χ4v) is 1.90. The van der Waals surface area contributed by atoms with Crippen molar-refractivity contribution in [3.8, 4) is 0 Å². The molecule has 0 saturated heterocycles. The summed E-state index contributed by atoms with van der Waals surface area (Å²) in [6.07, 6.45) is 6.39. The summed E-state index contributed by atoms with van der Waals surface area (Å²) in [5.41, 5.74) is 2.30. The van der Waals surface area contributed by atoms with Crippen LogP contribution in [-0.4, -0.2) is 26.5 Å². The lowest BCUT2D eigenvalue weighted by molar-refractivity contribution is 0.505. The molecule has 2 aromatic heterocycles. The van der Waals surface area contributed by atoms with Gasteiger partial charge in [-0.15, -0.1) is 5.10 Å². The topological polar surface area (TPSA) is 55.6 Å². The maximum absolute atomic E-state index is 4.14. The molecule has 2 aromatic rings. The van der Waals surface area contributed by atoms with E-state index in [0.717, 1.165) is 18.7 Å². The molecular weight excluding hydrogens is 214 g/mol. The monoisotopic (exact) mass is 231 g/mol. The second-order valence-electron chi connectivity index (χ2n) is 3.96. The van der Waals surface area contributed by atoms with Crippen LogP contribution in [0.4, 0.5) is 0 Å². The summed E-state index contributed by atoms with van der Waals surface area (Å²) in [5.74, 6) is 0. The van der Waals surface area contributed by atoms with E-state index in [4.69, 9.17) is 0 Å². The molecule has 0 aliphatic rings. The van der Waals surface area contributed by atoms with Crippen LogP contribution in [0.5, 0.6) is 0 Å². The number of rotatable bonds is 5. The molecule has 2 rings (SSSR count). The van der Waals surface area contributed by atoms with Crippen LogP contribution in [-0.2, 0) is 13.5 Å². The van der Waals surface area contributed by atoms with Gasteiger partial charge in [0.25, 0.3) is 0 Å². The molecular formula is C12H17N5. The lowest BCUT2D eigenvalue weighted by Crippen LogP contribution is -2.25. The van der Waals surface area contributed by atoms with E-state index in [1.807, 2.05) is 30.2 Å². The van der Waals surface area contributed by atoms with Crippen molar-refractivity contribution in [2.75, 3.05) is 6.54 Å². The number of nitrogens with one attached hydrogen (secondary N) is 1. The molecule has 0 aromatic carbocycles. The number of nitrogens with zero attached hydrogens (tertiary/aromatic N) is 4. The third kappa shape index (κ3) is 2.88. The Balaban J connectivity index is 2.16. The molecule has 17 heavy (non-hydrogen) atoms. The molecule has 0 amide bonds. The largest absolute Gasteiger partial charge is 0.309 e. The number of aromatic nitrogens is 4. The summed E-state index contributed by atoms with van der Waals surface area (Å²) >= 11 is 0. The van der Waals surface area contributed by atoms with Crippen molar-refractivity contribution in [3.63, 3.8) is 0 Å². The van der Waals surface area contributed by atoms with Crippen LogP contribution in [0.3, 0.4) is 0 Å². The average Bonchev–Trinajstić information content (AvgIpc) is 2.76. The number of pyridine rings is 1. The van der Waals surface area contributed by atoms with Crippen molar-refractivity contribution >= 4 is 0 Å². The van der Waals surface area contributed by atoms with E-state index < -0.39 is 0 Å². The molecule has 1 unspecified atom stereocenters. The Labute approximate surface area is 101 Å². The summed E-state index contributed by atoms with van der Waals surface area (Å²) in [4.78, 5) is 4.14. The standard InChI is InChI=1S/C12H17N5/c1-3-14-11(12-9-15-16-17(12)2)7-10-5-4-6-13-8-10/h4-6,8-9,11,14H,3,7H2,1-2H3. The quantitative estimate of drug-likeness (QED) is 0.837. The van der Waals surface area contributed by atoms with Gasteiger partial charge in [-0.05, 0) is 24.6 Å². The van der Waals surface area contributed by atoms with E-state index in [0.29, 0.717) is 0 Å². The van der Waals surface area contributed by atoms with Gasteiger partial charge in [0.1, 0.15) is 0 Å². The number of hydrogen-bond donors (Lipinski definition) is 1. The van der Waals surface area contributed by atoms with Crippen LogP contribution in [0.25, 0.3) is 0 Å². The molecule has 0 radical (unpaired) electrons. The van der Waals surface area contributed by atoms with Crippen molar-refractivity contribution in [3.05, 3.63) is 42.0 Å². The predicted molar refractivity (Wildman–Crippen MR) is 65.4 cm³/mol. The molecule has 0 aliphatic heterocycles. The normalized spacial score (nSPS) is 12.6. The van der Waals surface area contributed by atoms with Gasteiger partial charge in [-0.25, -0.2) is 0 Å². The van der Waals surface area contributed by atoms with Gasteiger partial charge in [-0.1, -0.05) is 18.2 Å². The van der Waals surface area contributed by atoms with E-state index in [1.165, 1.54) is 5.56 Å². The molecule has 2 heterocycles. The molecule has 0 spiro atoms. The molecule has 5 heteroatoms. The maximum atomic E-state index is 4.14. The molecule has 0 aliphatic carbocycles. The molecule has 0 saturated carbocycles. The Hall–Kier alpha value is -1.75. The minimum atomic E-state index is 0.226. The van der Waals surface area contributed by atoms with Gasteiger partial charge in [-0.2, -0.15) is 0 Å². The van der Waals surface area contributed by atoms with Crippen molar-refractivity contribution in [1.29, 1.82) is 0 Å². The van der Waals surface area contributed by atoms with E-state index in [1.54, 1.807) is 6.20 Å². The minimum absolute atomic E-state index is 0.226. The van der Waals surface area contributed by atoms with Crippen molar-refractivity contribution in [2.24, 2.45) is 7.05 Å². The fraction of sp³-hybridized carbons (Fsp3) is 0.417. The smallest absolute Gasteiger partial charge is 0.0756 e. The van der Waals surface area contributed by atoms with Crippen molar-refractivity contribution in [1.82, 2.24) is 25.3 Å². The van der Waals surface area contributed by atoms with Gasteiger partial charge < -0.3 is 5.32 Å². The first-order chi connectivity index (χ1) is 8.31. The first-order valence-electron chi connectivity index (χ1n) is 5.78. The second-order valence-corrected chi connectivity index (χ2v) is 3.96. The van der Waals surface area contributed by atoms with Crippen molar-refractivity contribution in [2.45, 2.75) is 19.4 Å². The Kier molecular flexibility index (Phi) is 3.82. The van der Waals surface area contributed by atoms with Gasteiger partial charge in [0.2, 0.25) is 0 Å². The van der Waals surface area contributed by atoms with E-state index >= 15 is 0 Å². The Bertz CT molecular complexity index is 451. The zero-order valence-corrected chi connectivity index (χ0v) is 10.2. The highest BCUT2D eigenvalue weighted by molar-refractivity contribution is 5.14.